The molecule has 2 saturated carbocycles. The number of benzene rings is 6. The Hall–Kier alpha value is -7.56. The molecule has 0 radical (unpaired) electrons. The van der Waals surface area contributed by atoms with Gasteiger partial charge in [-0.05, 0) is 171 Å². The van der Waals surface area contributed by atoms with E-state index in [1.165, 1.54) is 51.6 Å². The fourth-order valence-electron chi connectivity index (χ4n) is 13.6. The molecule has 0 aromatic heterocycles. The number of ether oxygens (including phenoxy) is 4. The Balaban J connectivity index is 0.000000153. The van der Waals surface area contributed by atoms with Gasteiger partial charge in [0.1, 0.15) is 84.8 Å². The fraction of sp³-hybridized carbons (Fsp3) is 0.386. The SMILES string of the molecule is CC1(C)C2CCC1(CS(=O)(=O)[O-])C(=O)C2.CC1=C(c2ccc(C=O)cc2)[C@H](c2ccc(OCCN3CCCCC3)cc2)Oc2cc(C=O)ccc21.CC1=C(c2ccc(O)cc2)[C@H](c2ccc(OCC[NH+]3CCCCC3)cc2)Oc2cc(O)ccc21. The third kappa shape index (κ3) is 13.8. The third-order valence-electron chi connectivity index (χ3n) is 18.6. The van der Waals surface area contributed by atoms with E-state index in [0.29, 0.717) is 42.1 Å². The summed E-state index contributed by atoms with van der Waals surface area (Å²) in [6.07, 6.45) is 10.8. The lowest BCUT2D eigenvalue weighted by Gasteiger charge is -2.37. The van der Waals surface area contributed by atoms with Gasteiger partial charge < -0.3 is 38.6 Å². The minimum Gasteiger partial charge on any atom is -0.748 e. The normalized spacial score (nSPS) is 21.7. The molecule has 3 N–H and O–H groups in total. The third-order valence-corrected chi connectivity index (χ3v) is 19.5. The van der Waals surface area contributed by atoms with Crippen LogP contribution in [0.1, 0.15) is 152 Å². The molecular weight excluding hydrogens is 1090 g/mol. The first-order valence-corrected chi connectivity index (χ1v) is 31.5. The largest absolute Gasteiger partial charge is 0.748 e. The highest BCUT2D eigenvalue weighted by atomic mass is 32.2. The number of allylic oxidation sites excluding steroid dienone is 2. The maximum absolute atomic E-state index is 11.8. The topological polar surface area (TPSA) is 193 Å². The van der Waals surface area contributed by atoms with Crippen LogP contribution in [-0.2, 0) is 14.9 Å². The van der Waals surface area contributed by atoms with Crippen LogP contribution in [0.4, 0.5) is 0 Å². The highest BCUT2D eigenvalue weighted by Gasteiger charge is 2.64. The zero-order valence-electron chi connectivity index (χ0n) is 49.1. The molecule has 6 aromatic carbocycles. The van der Waals surface area contributed by atoms with Gasteiger partial charge in [0.15, 0.2) is 0 Å². The number of rotatable bonds is 16. The summed E-state index contributed by atoms with van der Waals surface area (Å²) in [7, 11) is -4.33. The van der Waals surface area contributed by atoms with Crippen molar-refractivity contribution in [1.82, 2.24) is 4.90 Å². The number of likely N-dealkylation sites (tertiary alicyclic amines) is 2. The zero-order chi connectivity index (χ0) is 59.9. The molecule has 2 bridgehead atoms. The Morgan fingerprint density at radius 3 is 1.68 bits per heavy atom. The molecular formula is C70H78N2O12S. The van der Waals surface area contributed by atoms with Gasteiger partial charge in [-0.1, -0.05) is 93.1 Å². The number of nitrogens with one attached hydrogen (secondary N) is 1. The lowest BCUT2D eigenvalue weighted by molar-refractivity contribution is -0.904. The van der Waals surface area contributed by atoms with Crippen molar-refractivity contribution in [3.8, 4) is 34.5 Å². The summed E-state index contributed by atoms with van der Waals surface area (Å²) < 4.78 is 57.7. The number of phenols is 2. The molecule has 4 atom stereocenters. The van der Waals surface area contributed by atoms with Gasteiger partial charge in [-0.25, -0.2) is 8.42 Å². The maximum Gasteiger partial charge on any atom is 0.150 e. The first-order chi connectivity index (χ1) is 40.9. The lowest BCUT2D eigenvalue weighted by atomic mass is 9.70. The second kappa shape index (κ2) is 26.4. The molecule has 14 nitrogen and oxygen atoms in total. The van der Waals surface area contributed by atoms with Crippen LogP contribution in [0.25, 0.3) is 22.3 Å². The minimum absolute atomic E-state index is 0.0248. The monoisotopic (exact) mass is 1170 g/mol. The van der Waals surface area contributed by atoms with Crippen LogP contribution in [0.15, 0.2) is 133 Å². The smallest absolute Gasteiger partial charge is 0.150 e. The summed E-state index contributed by atoms with van der Waals surface area (Å²) >= 11 is 0. The van der Waals surface area contributed by atoms with Crippen LogP contribution in [0, 0.1) is 16.7 Å². The van der Waals surface area contributed by atoms with E-state index in [-0.39, 0.29) is 40.8 Å². The average Bonchev–Trinajstić information content (AvgIpc) is 1.67. The first kappa shape index (κ1) is 60.6. The number of quaternary nitrogens is 1. The molecule has 2 aliphatic carbocycles. The number of fused-ring (bicyclic) bond motifs is 4. The van der Waals surface area contributed by atoms with Crippen molar-refractivity contribution in [2.45, 2.75) is 97.7 Å². The molecule has 4 aliphatic heterocycles. The molecule has 4 heterocycles. The Morgan fingerprint density at radius 2 is 1.15 bits per heavy atom. The van der Waals surface area contributed by atoms with Gasteiger partial charge >= 0.3 is 0 Å². The highest BCUT2D eigenvalue weighted by molar-refractivity contribution is 7.85. The van der Waals surface area contributed by atoms with Crippen molar-refractivity contribution in [2.75, 3.05) is 58.2 Å². The molecule has 15 heteroatoms. The molecule has 4 fully saturated rings. The fourth-order valence-corrected chi connectivity index (χ4v) is 14.8. The Bertz CT molecular complexity index is 3530. The number of carbonyl (C=O) groups is 3. The average molecular weight is 1170 g/mol. The van der Waals surface area contributed by atoms with Gasteiger partial charge in [0.2, 0.25) is 0 Å². The van der Waals surface area contributed by atoms with Crippen LogP contribution >= 0.6 is 0 Å². The number of ketones is 1. The van der Waals surface area contributed by atoms with Gasteiger partial charge in [-0.15, -0.1) is 0 Å². The summed E-state index contributed by atoms with van der Waals surface area (Å²) in [4.78, 5) is 38.5. The van der Waals surface area contributed by atoms with Crippen molar-refractivity contribution in [3.63, 3.8) is 0 Å². The Kier molecular flexibility index (Phi) is 18.8. The molecule has 0 spiro atoms. The van der Waals surface area contributed by atoms with E-state index in [1.54, 1.807) is 35.2 Å². The van der Waals surface area contributed by atoms with Crippen LogP contribution in [0.3, 0.4) is 0 Å². The number of aromatic hydroxyl groups is 2. The van der Waals surface area contributed by atoms with E-state index < -0.39 is 21.3 Å². The Labute approximate surface area is 499 Å². The number of piperidine rings is 2. The van der Waals surface area contributed by atoms with E-state index in [1.807, 2.05) is 105 Å². The molecule has 446 valence electrons. The second-order valence-corrected chi connectivity index (χ2v) is 25.5. The van der Waals surface area contributed by atoms with E-state index in [2.05, 4.69) is 30.9 Å². The number of carbonyl (C=O) groups excluding carboxylic acids is 3. The predicted octanol–water partition coefficient (Wildman–Crippen LogP) is 11.8. The van der Waals surface area contributed by atoms with Crippen molar-refractivity contribution in [1.29, 1.82) is 0 Å². The second-order valence-electron chi connectivity index (χ2n) is 24.1. The predicted molar refractivity (Wildman–Crippen MR) is 328 cm³/mol. The van der Waals surface area contributed by atoms with Gasteiger partial charge in [0.05, 0.1) is 29.0 Å². The van der Waals surface area contributed by atoms with Gasteiger partial charge in [-0.3, -0.25) is 19.3 Å². The molecule has 12 rings (SSSR count). The summed E-state index contributed by atoms with van der Waals surface area (Å²) in [5, 5.41) is 19.8. The van der Waals surface area contributed by atoms with Gasteiger partial charge in [-0.2, -0.15) is 0 Å². The summed E-state index contributed by atoms with van der Waals surface area (Å²) in [5.41, 5.74) is 10.1. The number of phenolic OH excluding ortho intramolecular Hbond substituents is 2. The van der Waals surface area contributed by atoms with Crippen LogP contribution < -0.4 is 23.8 Å². The summed E-state index contributed by atoms with van der Waals surface area (Å²) in [6.45, 7) is 16.2. The number of hydrogen-bond donors (Lipinski definition) is 3. The van der Waals surface area contributed by atoms with E-state index in [0.717, 1.165) is 119 Å². The number of aldehydes is 2. The van der Waals surface area contributed by atoms with Gasteiger partial charge in [0.25, 0.3) is 0 Å². The number of nitrogens with zero attached hydrogens (tertiary/aromatic N) is 1. The molecule has 0 amide bonds. The van der Waals surface area contributed by atoms with Crippen LogP contribution in [-0.4, -0.2) is 105 Å². The zero-order valence-corrected chi connectivity index (χ0v) is 50.0. The number of Topliss-reactive ketones (excluding diaryl/α,β-unsaturated/α-hetero) is 1. The van der Waals surface area contributed by atoms with Crippen LogP contribution in [0.2, 0.25) is 0 Å². The van der Waals surface area contributed by atoms with Crippen LogP contribution in [0.5, 0.6) is 34.5 Å². The van der Waals surface area contributed by atoms with Crippen molar-refractivity contribution in [3.05, 3.63) is 178 Å². The maximum atomic E-state index is 11.8. The van der Waals surface area contributed by atoms with E-state index >= 15 is 0 Å². The quantitative estimate of drug-likeness (QED) is 0.0613. The van der Waals surface area contributed by atoms with E-state index in [9.17, 15) is 37.6 Å². The van der Waals surface area contributed by atoms with Crippen molar-refractivity contribution in [2.24, 2.45) is 16.7 Å². The number of hydrogen-bond acceptors (Lipinski definition) is 13. The molecule has 6 aromatic rings. The minimum atomic E-state index is -4.33. The lowest BCUT2D eigenvalue weighted by Crippen LogP contribution is -3.13. The summed E-state index contributed by atoms with van der Waals surface area (Å²) in [5.74, 6) is 3.18. The van der Waals surface area contributed by atoms with Gasteiger partial charge in [0, 0.05) is 57.8 Å². The standard InChI is InChI=1S/C31H31NO4.C29H31NO4.C10H16O4S/c1-22-28-14-7-24(21-34)19-29(28)36-31(30(22)25-8-5-23(20-33)6-9-25)26-10-12-27(13-11-26)35-18-17-32-15-3-2-4-16-32;1-20-26-14-11-24(32)19-27(26)34-29(28(20)21-5-9-23(31)10-6-21)22-7-12-25(13-8-22)33-18-17-30-15-3-2-4-16-30;1-9(2)7-3-4-10(9,8(11)5-7)6-15(12,13)14/h5-14,19-21,31H,2-4,15-18H2,1H3;5-14,19,29,31-32H,2-4,15-18H2,1H3;7H,3-6H2,1-2H3,(H,12,13,14)/t31-;29-;/m00./s1. The molecule has 6 aliphatic rings. The molecule has 2 unspecified atom stereocenters. The highest BCUT2D eigenvalue weighted by Crippen LogP contribution is 2.64. The first-order valence-electron chi connectivity index (χ1n) is 29.9. The van der Waals surface area contributed by atoms with Crippen molar-refractivity contribution >= 4 is 50.8 Å². The van der Waals surface area contributed by atoms with Crippen molar-refractivity contribution < 1.29 is 61.4 Å². The Morgan fingerprint density at radius 1 is 0.647 bits per heavy atom. The molecule has 2 saturated heterocycles. The van der Waals surface area contributed by atoms with E-state index in [4.69, 9.17) is 18.9 Å². The molecule has 85 heavy (non-hydrogen) atoms. The summed E-state index contributed by atoms with van der Waals surface area (Å²) in [6, 6.07) is 41.7.